The number of nitrogens with zero attached hydrogens (tertiary/aromatic N) is 2. The van der Waals surface area contributed by atoms with Crippen LogP contribution >= 0.6 is 0 Å². The highest BCUT2D eigenvalue weighted by molar-refractivity contribution is 5.78. The molecule has 6 rings (SSSR count). The number of nitrogens with one attached hydrogen (secondary N) is 2. The van der Waals surface area contributed by atoms with Gasteiger partial charge in [-0.3, -0.25) is 9.80 Å². The zero-order chi connectivity index (χ0) is 69.4. The number of amides is 4. The Morgan fingerprint density at radius 2 is 1.06 bits per heavy atom. The Hall–Kier alpha value is -5.55. The fourth-order valence-corrected chi connectivity index (χ4v) is 8.73. The van der Waals surface area contributed by atoms with Crippen LogP contribution in [0.2, 0.25) is 0 Å². The van der Waals surface area contributed by atoms with E-state index in [2.05, 4.69) is 24.5 Å². The quantitative estimate of drug-likeness (QED) is 0.0661. The van der Waals surface area contributed by atoms with Crippen LogP contribution in [-0.2, 0) is 66.7 Å². The van der Waals surface area contributed by atoms with Crippen molar-refractivity contribution in [3.8, 4) is 0 Å². The molecule has 9 unspecified atom stereocenters. The first kappa shape index (κ1) is 85.5. The molecule has 27 heteroatoms. The summed E-state index contributed by atoms with van der Waals surface area (Å²) in [6, 6.07) is -0.875. The van der Waals surface area contributed by atoms with Crippen LogP contribution < -0.4 is 10.6 Å². The fraction of sp³-hybridized carbons (Fsp3) is 0.823. The molecule has 6 fully saturated rings. The number of likely N-dealkylation sites (tertiary alicyclic amines) is 1. The normalized spacial score (nSPS) is 25.8. The Morgan fingerprint density at radius 3 is 1.38 bits per heavy atom. The Balaban J connectivity index is 0. The van der Waals surface area contributed by atoms with Gasteiger partial charge in [-0.1, -0.05) is 20.8 Å². The first-order valence-electron chi connectivity index (χ1n) is 30.3. The highest BCUT2D eigenvalue weighted by atomic mass is 16.7. The van der Waals surface area contributed by atoms with Gasteiger partial charge in [0, 0.05) is 31.8 Å². The summed E-state index contributed by atoms with van der Waals surface area (Å²) in [5, 5.41) is 49.6. The van der Waals surface area contributed by atoms with Crippen LogP contribution in [0.3, 0.4) is 0 Å². The maximum absolute atomic E-state index is 11.9. The molecule has 0 radical (unpaired) electrons. The summed E-state index contributed by atoms with van der Waals surface area (Å²) in [4.78, 5) is 120. The van der Waals surface area contributed by atoms with E-state index < -0.39 is 102 Å². The standard InChI is InChI=1S/C11H19NO4.C11H19NO3.C10H17NO3.C8H15NO3.C8H14O.C6H12O6.C6H10O2.C2H4O/c1-10(2,3)16-9(14)12-8(6-13)7-15-11(12,4)5;1-8-5-9(7-13)12(6-8)10(14)15-11(2,3)4;1-9(2,3)14-8(13)11-10(7-12)5-4-6-10;1-8(2,3)12-7(11)9-5-4-6-10;1-6-3-8(5-9)4-7(6)2;7-1-3-5(9)12-4(2-8)6(10)11-3;7-5-4-6(8)2-1-3-6;1-2-3/h6,8H,7H2,1-5H3;7-9H,5-6H2,1-4H3;7H,4-6H2,1-3H3,(H,11,13);6H,4-5H2,1-3H3,(H,9,11);5-8H,3-4H2,1-2H3;3-10H,1-2H2;5,8H,1-4H2;2H,1H3. The maximum Gasteiger partial charge on any atom is 0.413 e. The van der Waals surface area contributed by atoms with E-state index in [4.69, 9.17) is 58.4 Å². The average molecular weight is 1280 g/mol. The van der Waals surface area contributed by atoms with Crippen LogP contribution in [-0.4, -0.2) is 213 Å². The second-order valence-electron chi connectivity index (χ2n) is 27.1. The lowest BCUT2D eigenvalue weighted by Crippen LogP contribution is -2.55. The van der Waals surface area contributed by atoms with E-state index in [1.54, 1.807) is 76.2 Å². The monoisotopic (exact) mass is 1280 g/mol. The smallest absolute Gasteiger partial charge is 0.413 e. The van der Waals surface area contributed by atoms with Crippen LogP contribution in [0.25, 0.3) is 0 Å². The van der Waals surface area contributed by atoms with Crippen LogP contribution in [0.5, 0.6) is 0 Å². The number of ether oxygens (including phenoxy) is 7. The molecule has 0 bridgehead atoms. The molecule has 3 saturated carbocycles. The van der Waals surface area contributed by atoms with Crippen molar-refractivity contribution in [1.29, 1.82) is 0 Å². The van der Waals surface area contributed by atoms with Gasteiger partial charge in [-0.2, -0.15) is 0 Å². The highest BCUT2D eigenvalue weighted by Gasteiger charge is 2.46. The summed E-state index contributed by atoms with van der Waals surface area (Å²) in [5.41, 5.74) is -4.12. The van der Waals surface area contributed by atoms with Crippen molar-refractivity contribution in [2.45, 2.75) is 271 Å². The molecule has 0 aromatic heterocycles. The van der Waals surface area contributed by atoms with E-state index in [0.29, 0.717) is 44.1 Å². The topological polar surface area (TPSA) is 384 Å². The molecule has 0 spiro atoms. The average Bonchev–Trinajstić information content (AvgIpc) is 2.09. The van der Waals surface area contributed by atoms with Gasteiger partial charge in [-0.05, 0) is 179 Å². The number of hydrogen-bond donors (Lipinski definition) is 7. The number of aliphatic hydroxyl groups is 5. The molecule has 3 heterocycles. The molecule has 3 saturated heterocycles. The second-order valence-corrected chi connectivity index (χ2v) is 27.1. The Bertz CT molecular complexity index is 2120. The number of carbonyl (C=O) groups is 11. The lowest BCUT2D eigenvalue weighted by Gasteiger charge is -2.37. The van der Waals surface area contributed by atoms with Crippen molar-refractivity contribution < 1.29 is 111 Å². The van der Waals surface area contributed by atoms with Gasteiger partial charge in [0.25, 0.3) is 0 Å². The van der Waals surface area contributed by atoms with Crippen molar-refractivity contribution in [3.05, 3.63) is 0 Å². The molecule has 4 amide bonds. The van der Waals surface area contributed by atoms with Gasteiger partial charge in [0.05, 0.1) is 37.0 Å². The van der Waals surface area contributed by atoms with Gasteiger partial charge >= 0.3 is 24.4 Å². The van der Waals surface area contributed by atoms with Gasteiger partial charge in [0.1, 0.15) is 90.4 Å². The summed E-state index contributed by atoms with van der Waals surface area (Å²) >= 11 is 0. The van der Waals surface area contributed by atoms with Crippen LogP contribution in [0, 0.1) is 23.7 Å². The number of carbonyl (C=O) groups excluding carboxylic acids is 11. The van der Waals surface area contributed by atoms with E-state index in [9.17, 15) is 53.1 Å². The molecule has 0 aromatic carbocycles. The third kappa shape index (κ3) is 36.2. The summed E-state index contributed by atoms with van der Waals surface area (Å²) in [7, 11) is 0. The minimum Gasteiger partial charge on any atom is -0.444 e. The van der Waals surface area contributed by atoms with Gasteiger partial charge in [-0.25, -0.2) is 19.2 Å². The lowest BCUT2D eigenvalue weighted by atomic mass is 9.78. The molecule has 27 nitrogen and oxygen atoms in total. The number of aldehydes is 7. The molecule has 6 aliphatic rings. The fourth-order valence-electron chi connectivity index (χ4n) is 8.73. The predicted molar refractivity (Wildman–Crippen MR) is 326 cm³/mol. The third-order valence-corrected chi connectivity index (χ3v) is 13.6. The molecular formula is C62H110N4O23. The molecule has 9 atom stereocenters. The van der Waals surface area contributed by atoms with E-state index in [1.807, 2.05) is 27.7 Å². The van der Waals surface area contributed by atoms with E-state index in [0.717, 1.165) is 107 Å². The minimum absolute atomic E-state index is 0.218. The lowest BCUT2D eigenvalue weighted by molar-refractivity contribution is -0.338. The summed E-state index contributed by atoms with van der Waals surface area (Å²) in [6.45, 7) is 33.2. The van der Waals surface area contributed by atoms with Crippen molar-refractivity contribution in [2.75, 3.05) is 32.9 Å². The molecule has 3 aliphatic heterocycles. The van der Waals surface area contributed by atoms with Crippen LogP contribution in [0.4, 0.5) is 19.2 Å². The van der Waals surface area contributed by atoms with Gasteiger partial charge in [-0.15, -0.1) is 0 Å². The summed E-state index contributed by atoms with van der Waals surface area (Å²) in [6.07, 6.45) is 8.04. The van der Waals surface area contributed by atoms with Crippen LogP contribution in [0.15, 0.2) is 0 Å². The molecule has 7 N–H and O–H groups in total. The van der Waals surface area contributed by atoms with Crippen LogP contribution in [0.1, 0.15) is 195 Å². The molecule has 0 aromatic rings. The highest BCUT2D eigenvalue weighted by Crippen LogP contribution is 2.35. The Morgan fingerprint density at radius 1 is 0.618 bits per heavy atom. The van der Waals surface area contributed by atoms with Crippen molar-refractivity contribution >= 4 is 68.4 Å². The number of rotatable bonds is 12. The Labute approximate surface area is 526 Å². The summed E-state index contributed by atoms with van der Waals surface area (Å²) < 4.78 is 35.3. The number of hydrogen-bond acceptors (Lipinski definition) is 23. The Kier molecular flexibility index (Phi) is 38.8. The number of alkyl carbamates (subject to hydrolysis) is 2. The van der Waals surface area contributed by atoms with Crippen molar-refractivity contribution in [2.24, 2.45) is 23.7 Å². The second kappa shape index (κ2) is 40.3. The van der Waals surface area contributed by atoms with Gasteiger partial charge in [0.15, 0.2) is 12.6 Å². The summed E-state index contributed by atoms with van der Waals surface area (Å²) in [5.74, 6) is 2.27. The molecular weight excluding hydrogens is 1170 g/mol. The minimum atomic E-state index is -1.31. The van der Waals surface area contributed by atoms with E-state index >= 15 is 0 Å². The zero-order valence-corrected chi connectivity index (χ0v) is 56.1. The largest absolute Gasteiger partial charge is 0.444 e. The molecule has 89 heavy (non-hydrogen) atoms. The van der Waals surface area contributed by atoms with Crippen molar-refractivity contribution in [1.82, 2.24) is 20.4 Å². The predicted octanol–water partition coefficient (Wildman–Crippen LogP) is 6.08. The first-order valence-corrected chi connectivity index (χ1v) is 30.3. The third-order valence-electron chi connectivity index (χ3n) is 13.6. The van der Waals surface area contributed by atoms with Gasteiger partial charge in [0.2, 0.25) is 0 Å². The van der Waals surface area contributed by atoms with E-state index in [-0.39, 0.29) is 18.7 Å². The maximum atomic E-state index is 11.9. The van der Waals surface area contributed by atoms with E-state index in [1.165, 1.54) is 16.7 Å². The first-order chi connectivity index (χ1) is 40.9. The molecule has 516 valence electrons. The SMILES string of the molecule is CC(C)(C)OC(=O)N1C(C=O)COC1(C)C.CC(C)(C)OC(=O)NC1(C=O)CCC1.CC(C)(C)OC(=O)NCCC=O.CC1CC(C=O)CC1C.CC1CC(C=O)N(C(=O)OC(C)(C)C)C1.CC=O.O=CCC1(O)CCC1.OCC1OC(O)C(CO)OC1O. The molecule has 3 aliphatic carbocycles. The zero-order valence-electron chi connectivity index (χ0n) is 56.1. The van der Waals surface area contributed by atoms with Crippen molar-refractivity contribution in [3.63, 3.8) is 0 Å². The number of aliphatic hydroxyl groups excluding tert-OH is 4. The van der Waals surface area contributed by atoms with Gasteiger partial charge < -0.3 is 103 Å².